The Morgan fingerprint density at radius 2 is 1.76 bits per heavy atom. The van der Waals surface area contributed by atoms with Crippen molar-refractivity contribution in [3.05, 3.63) is 0 Å². The van der Waals surface area contributed by atoms with Crippen molar-refractivity contribution >= 4 is 12.2 Å². The molecule has 0 N–H and O–H groups in total. The molecule has 1 saturated heterocycles. The Morgan fingerprint density at radius 3 is 2.35 bits per heavy atom. The lowest BCUT2D eigenvalue weighted by molar-refractivity contribution is -0.0597. The highest BCUT2D eigenvalue weighted by Crippen LogP contribution is 2.19. The molecular formula is C11H20N2O4. The molecule has 0 aromatic heterocycles. The van der Waals surface area contributed by atoms with Crippen molar-refractivity contribution in [2.75, 3.05) is 19.8 Å². The van der Waals surface area contributed by atoms with E-state index < -0.39 is 12.2 Å². The average Bonchev–Trinajstić information content (AvgIpc) is 2.29. The zero-order valence-electron chi connectivity index (χ0n) is 10.6. The van der Waals surface area contributed by atoms with Gasteiger partial charge in [0.15, 0.2) is 0 Å². The number of hydrogen-bond acceptors (Lipinski definition) is 4. The fraction of sp³-hybridized carbons (Fsp3) is 0.818. The highest BCUT2D eigenvalue weighted by Gasteiger charge is 2.35. The van der Waals surface area contributed by atoms with E-state index in [1.807, 2.05) is 6.92 Å². The van der Waals surface area contributed by atoms with Gasteiger partial charge in [0.25, 0.3) is 0 Å². The summed E-state index contributed by atoms with van der Waals surface area (Å²) < 4.78 is 9.87. The van der Waals surface area contributed by atoms with Crippen LogP contribution in [0, 0.1) is 0 Å². The molecule has 0 spiro atoms. The molecule has 0 radical (unpaired) electrons. The summed E-state index contributed by atoms with van der Waals surface area (Å²) in [5.74, 6) is 0. The molecule has 0 aliphatic carbocycles. The largest absolute Gasteiger partial charge is 0.448 e. The van der Waals surface area contributed by atoms with Crippen LogP contribution in [0.2, 0.25) is 0 Å². The van der Waals surface area contributed by atoms with Gasteiger partial charge < -0.3 is 9.47 Å². The first kappa shape index (κ1) is 13.6. The van der Waals surface area contributed by atoms with Crippen molar-refractivity contribution in [2.24, 2.45) is 0 Å². The summed E-state index contributed by atoms with van der Waals surface area (Å²) in [7, 11) is 0. The van der Waals surface area contributed by atoms with Crippen LogP contribution in [0.4, 0.5) is 9.59 Å². The van der Waals surface area contributed by atoms with Crippen LogP contribution in [0.1, 0.15) is 33.6 Å². The van der Waals surface area contributed by atoms with Gasteiger partial charge in [-0.3, -0.25) is 0 Å². The molecule has 17 heavy (non-hydrogen) atoms. The van der Waals surface area contributed by atoms with Crippen LogP contribution < -0.4 is 0 Å². The van der Waals surface area contributed by atoms with E-state index in [-0.39, 0.29) is 6.04 Å². The molecule has 2 amide bonds. The van der Waals surface area contributed by atoms with Gasteiger partial charge in [-0.25, -0.2) is 19.6 Å². The molecule has 1 aliphatic rings. The van der Waals surface area contributed by atoms with Gasteiger partial charge in [-0.15, -0.1) is 0 Å². The van der Waals surface area contributed by atoms with Gasteiger partial charge in [-0.1, -0.05) is 0 Å². The summed E-state index contributed by atoms with van der Waals surface area (Å²) in [5, 5.41) is 2.68. The Bertz CT molecular complexity index is 283. The smallest absolute Gasteiger partial charge is 0.429 e. The molecule has 0 bridgehead atoms. The molecule has 1 atom stereocenters. The molecule has 6 heteroatoms. The van der Waals surface area contributed by atoms with Crippen LogP contribution in [0.25, 0.3) is 0 Å². The lowest BCUT2D eigenvalue weighted by Gasteiger charge is -2.40. The van der Waals surface area contributed by atoms with Gasteiger partial charge in [0.1, 0.15) is 0 Å². The van der Waals surface area contributed by atoms with Gasteiger partial charge >= 0.3 is 12.2 Å². The normalized spacial score (nSPS) is 20.1. The van der Waals surface area contributed by atoms with Crippen LogP contribution in [-0.2, 0) is 9.47 Å². The zero-order valence-corrected chi connectivity index (χ0v) is 10.6. The van der Waals surface area contributed by atoms with Crippen molar-refractivity contribution in [3.8, 4) is 0 Å². The van der Waals surface area contributed by atoms with Crippen LogP contribution in [0.15, 0.2) is 0 Å². The topological polar surface area (TPSA) is 59.1 Å². The van der Waals surface area contributed by atoms with Crippen molar-refractivity contribution in [1.82, 2.24) is 10.0 Å². The summed E-state index contributed by atoms with van der Waals surface area (Å²) >= 11 is 0. The van der Waals surface area contributed by atoms with Crippen LogP contribution >= 0.6 is 0 Å². The first-order valence-corrected chi connectivity index (χ1v) is 6.02. The first-order valence-electron chi connectivity index (χ1n) is 6.02. The van der Waals surface area contributed by atoms with E-state index in [4.69, 9.17) is 9.47 Å². The Balaban J connectivity index is 2.76. The number of hydrazine groups is 1. The van der Waals surface area contributed by atoms with Gasteiger partial charge in [0, 0.05) is 6.54 Å². The maximum absolute atomic E-state index is 11.8. The molecule has 1 unspecified atom stereocenters. The van der Waals surface area contributed by atoms with Crippen LogP contribution in [0.3, 0.4) is 0 Å². The lowest BCUT2D eigenvalue weighted by Crippen LogP contribution is -2.57. The number of ether oxygens (including phenoxy) is 2. The third-order valence-corrected chi connectivity index (χ3v) is 2.60. The molecule has 98 valence electrons. The third-order valence-electron chi connectivity index (χ3n) is 2.60. The predicted octanol–water partition coefficient (Wildman–Crippen LogP) is 2.00. The van der Waals surface area contributed by atoms with E-state index in [1.165, 1.54) is 10.0 Å². The Kier molecular flexibility index (Phi) is 5.06. The summed E-state index contributed by atoms with van der Waals surface area (Å²) in [4.78, 5) is 23.5. The maximum Gasteiger partial charge on any atom is 0.429 e. The van der Waals surface area contributed by atoms with E-state index in [9.17, 15) is 9.59 Å². The minimum Gasteiger partial charge on any atom is -0.448 e. The molecule has 0 saturated carbocycles. The van der Waals surface area contributed by atoms with Crippen LogP contribution in [0.5, 0.6) is 0 Å². The molecule has 1 heterocycles. The Labute approximate surface area is 101 Å². The Hall–Kier alpha value is -1.46. The zero-order chi connectivity index (χ0) is 12.8. The molecule has 1 aliphatic heterocycles. The highest BCUT2D eigenvalue weighted by molar-refractivity contribution is 5.74. The standard InChI is InChI=1S/C11H20N2O4/c1-4-16-10(14)12-8-6-7-9(3)13(12)11(15)17-5-2/h9H,4-8H2,1-3H3. The highest BCUT2D eigenvalue weighted by atomic mass is 16.6. The predicted molar refractivity (Wildman–Crippen MR) is 61.3 cm³/mol. The summed E-state index contributed by atoms with van der Waals surface area (Å²) in [6, 6.07) is -0.0489. The molecule has 0 aromatic rings. The van der Waals surface area contributed by atoms with E-state index in [1.54, 1.807) is 13.8 Å². The summed E-state index contributed by atoms with van der Waals surface area (Å²) in [5.41, 5.74) is 0. The van der Waals surface area contributed by atoms with Crippen molar-refractivity contribution in [3.63, 3.8) is 0 Å². The second-order valence-corrected chi connectivity index (χ2v) is 3.86. The molecule has 1 fully saturated rings. The Morgan fingerprint density at radius 1 is 1.18 bits per heavy atom. The monoisotopic (exact) mass is 244 g/mol. The minimum absolute atomic E-state index is 0.0489. The third kappa shape index (κ3) is 3.25. The number of carbonyl (C=O) groups excluding carboxylic acids is 2. The fourth-order valence-corrected chi connectivity index (χ4v) is 1.85. The number of amides is 2. The van der Waals surface area contributed by atoms with Crippen molar-refractivity contribution < 1.29 is 19.1 Å². The molecular weight excluding hydrogens is 224 g/mol. The van der Waals surface area contributed by atoms with E-state index >= 15 is 0 Å². The second-order valence-electron chi connectivity index (χ2n) is 3.86. The molecule has 1 rings (SSSR count). The molecule has 0 aromatic carbocycles. The minimum atomic E-state index is -0.493. The summed E-state index contributed by atoms with van der Waals surface area (Å²) in [6.07, 6.45) is 0.727. The lowest BCUT2D eigenvalue weighted by atomic mass is 10.1. The van der Waals surface area contributed by atoms with Crippen LogP contribution in [-0.4, -0.2) is 48.0 Å². The first-order chi connectivity index (χ1) is 8.11. The van der Waals surface area contributed by atoms with Gasteiger partial charge in [-0.2, -0.15) is 0 Å². The number of hydrogen-bond donors (Lipinski definition) is 0. The van der Waals surface area contributed by atoms with Gasteiger partial charge in [0.2, 0.25) is 0 Å². The second kappa shape index (κ2) is 6.32. The number of carbonyl (C=O) groups is 2. The molecule has 6 nitrogen and oxygen atoms in total. The average molecular weight is 244 g/mol. The van der Waals surface area contributed by atoms with E-state index in [0.29, 0.717) is 19.8 Å². The van der Waals surface area contributed by atoms with Gasteiger partial charge in [0.05, 0.1) is 19.3 Å². The van der Waals surface area contributed by atoms with E-state index in [2.05, 4.69) is 0 Å². The van der Waals surface area contributed by atoms with Crippen molar-refractivity contribution in [1.29, 1.82) is 0 Å². The quantitative estimate of drug-likeness (QED) is 0.745. The van der Waals surface area contributed by atoms with E-state index in [0.717, 1.165) is 12.8 Å². The fourth-order valence-electron chi connectivity index (χ4n) is 1.85. The van der Waals surface area contributed by atoms with Crippen molar-refractivity contribution in [2.45, 2.75) is 39.7 Å². The summed E-state index contributed by atoms with van der Waals surface area (Å²) in [6.45, 7) is 6.44. The van der Waals surface area contributed by atoms with Gasteiger partial charge in [-0.05, 0) is 33.6 Å². The maximum atomic E-state index is 11.8. The number of nitrogens with zero attached hydrogens (tertiary/aromatic N) is 2. The SMILES string of the molecule is CCOC(=O)N1CCCC(C)N1C(=O)OCC. The number of rotatable bonds is 2.